The monoisotopic (exact) mass is 206 g/mol. The molecule has 0 saturated carbocycles. The minimum absolute atomic E-state index is 0.152. The number of rotatable bonds is 3. The van der Waals surface area contributed by atoms with Gasteiger partial charge in [-0.1, -0.05) is 24.3 Å². The highest BCUT2D eigenvalue weighted by molar-refractivity contribution is 5.72. The lowest BCUT2D eigenvalue weighted by molar-refractivity contribution is 0.0805. The first-order valence-corrected chi connectivity index (χ1v) is 4.77. The van der Waals surface area contributed by atoms with Gasteiger partial charge in [0.2, 0.25) is 0 Å². The molecule has 0 heterocycles. The number of methoxy groups -OCH3 is 3. The number of hydrogen-bond donors (Lipinski definition) is 0. The van der Waals surface area contributed by atoms with Crippen LogP contribution in [-0.4, -0.2) is 21.3 Å². The van der Waals surface area contributed by atoms with Gasteiger partial charge >= 0.3 is 0 Å². The molecule has 0 N–H and O–H groups in total. The van der Waals surface area contributed by atoms with Crippen molar-refractivity contribution in [2.24, 2.45) is 0 Å². The van der Waals surface area contributed by atoms with E-state index in [1.807, 2.05) is 24.3 Å². The van der Waals surface area contributed by atoms with Gasteiger partial charge < -0.3 is 14.2 Å². The van der Waals surface area contributed by atoms with Gasteiger partial charge in [0.1, 0.15) is 6.10 Å². The minimum atomic E-state index is -0.152. The van der Waals surface area contributed by atoms with Crippen molar-refractivity contribution in [1.29, 1.82) is 0 Å². The van der Waals surface area contributed by atoms with Gasteiger partial charge in [0.05, 0.1) is 14.2 Å². The van der Waals surface area contributed by atoms with E-state index in [1.165, 1.54) is 0 Å². The van der Waals surface area contributed by atoms with Crippen molar-refractivity contribution in [3.8, 4) is 0 Å². The van der Waals surface area contributed by atoms with E-state index >= 15 is 0 Å². The molecule has 0 spiro atoms. The van der Waals surface area contributed by atoms with Crippen LogP contribution in [0, 0.1) is 0 Å². The van der Waals surface area contributed by atoms with Crippen LogP contribution in [0.25, 0.3) is 5.76 Å². The lowest BCUT2D eigenvalue weighted by atomic mass is 10.1. The van der Waals surface area contributed by atoms with Crippen LogP contribution in [0.5, 0.6) is 0 Å². The fourth-order valence-corrected chi connectivity index (χ4v) is 1.97. The molecule has 1 aliphatic rings. The van der Waals surface area contributed by atoms with Crippen molar-refractivity contribution in [3.63, 3.8) is 0 Å². The Labute approximate surface area is 89.3 Å². The minimum Gasteiger partial charge on any atom is -0.494 e. The van der Waals surface area contributed by atoms with Crippen LogP contribution in [0.4, 0.5) is 0 Å². The van der Waals surface area contributed by atoms with E-state index in [-0.39, 0.29) is 6.10 Å². The zero-order chi connectivity index (χ0) is 10.8. The zero-order valence-corrected chi connectivity index (χ0v) is 9.11. The summed E-state index contributed by atoms with van der Waals surface area (Å²) in [6.07, 6.45) is -0.152. The summed E-state index contributed by atoms with van der Waals surface area (Å²) in [5, 5.41) is 0. The number of hydrogen-bond acceptors (Lipinski definition) is 3. The fourth-order valence-electron chi connectivity index (χ4n) is 1.97. The van der Waals surface area contributed by atoms with Crippen LogP contribution in [0.1, 0.15) is 17.2 Å². The van der Waals surface area contributed by atoms with Crippen molar-refractivity contribution in [2.45, 2.75) is 6.10 Å². The summed E-state index contributed by atoms with van der Waals surface area (Å²) in [7, 11) is 4.94. The summed E-state index contributed by atoms with van der Waals surface area (Å²) in [5.74, 6) is 1.50. The second kappa shape index (κ2) is 3.95. The third-order valence-corrected chi connectivity index (χ3v) is 2.61. The molecular formula is C12H14O3. The van der Waals surface area contributed by atoms with Gasteiger partial charge in [0.15, 0.2) is 11.5 Å². The Kier molecular flexibility index (Phi) is 2.64. The third kappa shape index (κ3) is 1.39. The van der Waals surface area contributed by atoms with E-state index in [0.717, 1.165) is 22.6 Å². The van der Waals surface area contributed by atoms with Crippen LogP contribution in [0.2, 0.25) is 0 Å². The highest BCUT2D eigenvalue weighted by atomic mass is 16.5. The predicted octanol–water partition coefficient (Wildman–Crippen LogP) is 2.35. The van der Waals surface area contributed by atoms with Crippen molar-refractivity contribution < 1.29 is 14.2 Å². The topological polar surface area (TPSA) is 27.7 Å². The molecule has 1 atom stereocenters. The molecular weight excluding hydrogens is 192 g/mol. The highest BCUT2D eigenvalue weighted by Crippen LogP contribution is 2.42. The Bertz CT molecular complexity index is 396. The van der Waals surface area contributed by atoms with Crippen LogP contribution >= 0.6 is 0 Å². The second-order valence-corrected chi connectivity index (χ2v) is 3.30. The smallest absolute Gasteiger partial charge is 0.171 e. The van der Waals surface area contributed by atoms with E-state index in [0.29, 0.717) is 0 Å². The Balaban J connectivity index is 2.56. The van der Waals surface area contributed by atoms with Gasteiger partial charge in [0.25, 0.3) is 0 Å². The van der Waals surface area contributed by atoms with Gasteiger partial charge in [-0.25, -0.2) is 0 Å². The van der Waals surface area contributed by atoms with Gasteiger partial charge in [-0.05, 0) is 5.56 Å². The molecule has 15 heavy (non-hydrogen) atoms. The van der Waals surface area contributed by atoms with Crippen LogP contribution in [0.3, 0.4) is 0 Å². The molecule has 1 unspecified atom stereocenters. The maximum Gasteiger partial charge on any atom is 0.171 e. The van der Waals surface area contributed by atoms with Gasteiger partial charge in [0, 0.05) is 12.7 Å². The van der Waals surface area contributed by atoms with Crippen LogP contribution in [-0.2, 0) is 14.2 Å². The third-order valence-electron chi connectivity index (χ3n) is 2.61. The Morgan fingerprint density at radius 2 is 1.73 bits per heavy atom. The van der Waals surface area contributed by atoms with Gasteiger partial charge in [-0.2, -0.15) is 0 Å². The molecule has 1 aromatic rings. The van der Waals surface area contributed by atoms with E-state index < -0.39 is 0 Å². The standard InChI is InChI=1S/C12H14O3/c1-13-10-8-6-4-5-7-9(8)11(14-2)12(10)15-3/h4-7,10H,1-3H3. The molecule has 0 aliphatic heterocycles. The van der Waals surface area contributed by atoms with Crippen molar-refractivity contribution in [3.05, 3.63) is 41.2 Å². The number of ether oxygens (including phenoxy) is 3. The summed E-state index contributed by atoms with van der Waals surface area (Å²) in [6, 6.07) is 7.99. The molecule has 2 rings (SSSR count). The molecule has 0 saturated heterocycles. The average Bonchev–Trinajstić information content (AvgIpc) is 2.61. The lowest BCUT2D eigenvalue weighted by Crippen LogP contribution is -2.02. The fraction of sp³-hybridized carbons (Fsp3) is 0.333. The molecule has 0 aromatic heterocycles. The maximum atomic E-state index is 5.41. The van der Waals surface area contributed by atoms with Crippen molar-refractivity contribution in [2.75, 3.05) is 21.3 Å². The summed E-state index contributed by atoms with van der Waals surface area (Å²) in [5.41, 5.74) is 2.14. The molecule has 0 bridgehead atoms. The SMILES string of the molecule is COC1=C(OC)C(OC)c2ccccc21. The molecule has 0 amide bonds. The first kappa shape index (κ1) is 10.1. The summed E-state index contributed by atoms with van der Waals surface area (Å²) in [6.45, 7) is 0. The zero-order valence-electron chi connectivity index (χ0n) is 9.11. The Morgan fingerprint density at radius 3 is 2.33 bits per heavy atom. The quantitative estimate of drug-likeness (QED) is 0.759. The molecule has 1 aliphatic carbocycles. The normalized spacial score (nSPS) is 19.0. The predicted molar refractivity (Wildman–Crippen MR) is 57.1 cm³/mol. The summed E-state index contributed by atoms with van der Waals surface area (Å²) < 4.78 is 16.1. The Morgan fingerprint density at radius 1 is 1.00 bits per heavy atom. The van der Waals surface area contributed by atoms with Crippen molar-refractivity contribution in [1.82, 2.24) is 0 Å². The summed E-state index contributed by atoms with van der Waals surface area (Å²) >= 11 is 0. The van der Waals surface area contributed by atoms with E-state index in [4.69, 9.17) is 14.2 Å². The van der Waals surface area contributed by atoms with E-state index in [9.17, 15) is 0 Å². The summed E-state index contributed by atoms with van der Waals surface area (Å²) in [4.78, 5) is 0. The first-order chi connectivity index (χ1) is 7.33. The number of benzene rings is 1. The van der Waals surface area contributed by atoms with Crippen LogP contribution in [0.15, 0.2) is 30.0 Å². The Hall–Kier alpha value is -1.48. The highest BCUT2D eigenvalue weighted by Gasteiger charge is 2.33. The van der Waals surface area contributed by atoms with Crippen molar-refractivity contribution >= 4 is 5.76 Å². The van der Waals surface area contributed by atoms with Crippen LogP contribution < -0.4 is 0 Å². The molecule has 3 nitrogen and oxygen atoms in total. The second-order valence-electron chi connectivity index (χ2n) is 3.30. The molecule has 1 aromatic carbocycles. The van der Waals surface area contributed by atoms with Gasteiger partial charge in [-0.3, -0.25) is 0 Å². The van der Waals surface area contributed by atoms with Gasteiger partial charge in [-0.15, -0.1) is 0 Å². The lowest BCUT2D eigenvalue weighted by Gasteiger charge is -2.12. The first-order valence-electron chi connectivity index (χ1n) is 4.77. The molecule has 80 valence electrons. The molecule has 0 radical (unpaired) electrons. The van der Waals surface area contributed by atoms with E-state index in [2.05, 4.69) is 0 Å². The average molecular weight is 206 g/mol. The number of fused-ring (bicyclic) bond motifs is 1. The molecule has 0 fully saturated rings. The largest absolute Gasteiger partial charge is 0.494 e. The van der Waals surface area contributed by atoms with E-state index in [1.54, 1.807) is 21.3 Å². The maximum absolute atomic E-state index is 5.41. The molecule has 3 heteroatoms.